The predicted molar refractivity (Wildman–Crippen MR) is 85.1 cm³/mol. The first-order valence-electron chi connectivity index (χ1n) is 7.21. The predicted octanol–water partition coefficient (Wildman–Crippen LogP) is 2.78. The number of carbonyl (C=O) groups excluding carboxylic acids is 1. The quantitative estimate of drug-likeness (QED) is 0.804. The molecule has 1 saturated heterocycles. The molecule has 4 nitrogen and oxygen atoms in total. The zero-order chi connectivity index (χ0) is 14.9. The molecule has 0 amide bonds. The highest BCUT2D eigenvalue weighted by Gasteiger charge is 2.27. The van der Waals surface area contributed by atoms with Crippen LogP contribution in [0.2, 0.25) is 0 Å². The van der Waals surface area contributed by atoms with E-state index in [1.807, 2.05) is 0 Å². The van der Waals surface area contributed by atoms with Gasteiger partial charge in [0.05, 0.1) is 10.6 Å². The van der Waals surface area contributed by atoms with Crippen molar-refractivity contribution in [3.05, 3.63) is 10.6 Å². The minimum atomic E-state index is -0.0764. The zero-order valence-corrected chi connectivity index (χ0v) is 14.0. The molecule has 0 unspecified atom stereocenters. The second kappa shape index (κ2) is 5.82. The van der Waals surface area contributed by atoms with Crippen molar-refractivity contribution in [2.45, 2.75) is 45.1 Å². The molecular weight excluding hydrogens is 270 g/mol. The lowest BCUT2D eigenvalue weighted by molar-refractivity contribution is 0.112. The van der Waals surface area contributed by atoms with Gasteiger partial charge in [0.25, 0.3) is 0 Å². The highest BCUT2D eigenvalue weighted by Crippen LogP contribution is 2.34. The number of aldehydes is 1. The first kappa shape index (κ1) is 15.4. The number of nitrogens with zero attached hydrogens (tertiary/aromatic N) is 3. The van der Waals surface area contributed by atoms with E-state index in [2.05, 4.69) is 44.7 Å². The fraction of sp³-hybridized carbons (Fsp3) is 0.733. The van der Waals surface area contributed by atoms with Crippen LogP contribution in [0.3, 0.4) is 0 Å². The Morgan fingerprint density at radius 1 is 1.30 bits per heavy atom. The number of thiazole rings is 1. The number of anilines is 1. The van der Waals surface area contributed by atoms with Crippen molar-refractivity contribution in [2.75, 3.05) is 32.1 Å². The number of hydrogen-bond acceptors (Lipinski definition) is 5. The fourth-order valence-corrected chi connectivity index (χ4v) is 3.79. The molecular formula is C15H25N3OS. The summed E-state index contributed by atoms with van der Waals surface area (Å²) < 4.78 is 0. The number of rotatable bonds is 3. The van der Waals surface area contributed by atoms with Crippen LogP contribution in [0, 0.1) is 0 Å². The van der Waals surface area contributed by atoms with Gasteiger partial charge in [-0.1, -0.05) is 32.1 Å². The molecule has 20 heavy (non-hydrogen) atoms. The van der Waals surface area contributed by atoms with Crippen molar-refractivity contribution in [2.24, 2.45) is 0 Å². The van der Waals surface area contributed by atoms with Gasteiger partial charge in [-0.3, -0.25) is 4.79 Å². The average molecular weight is 295 g/mol. The van der Waals surface area contributed by atoms with Crippen molar-refractivity contribution < 1.29 is 4.79 Å². The molecule has 1 fully saturated rings. The van der Waals surface area contributed by atoms with Gasteiger partial charge in [0.2, 0.25) is 0 Å². The Balaban J connectivity index is 2.15. The summed E-state index contributed by atoms with van der Waals surface area (Å²) in [6, 6.07) is 0.666. The van der Waals surface area contributed by atoms with Gasteiger partial charge < -0.3 is 9.80 Å². The smallest absolute Gasteiger partial charge is 0.186 e. The maximum Gasteiger partial charge on any atom is 0.186 e. The van der Waals surface area contributed by atoms with E-state index in [1.54, 1.807) is 0 Å². The summed E-state index contributed by atoms with van der Waals surface area (Å²) in [4.78, 5) is 21.4. The highest BCUT2D eigenvalue weighted by molar-refractivity contribution is 7.17. The van der Waals surface area contributed by atoms with E-state index in [4.69, 9.17) is 4.98 Å². The van der Waals surface area contributed by atoms with Gasteiger partial charge in [0.1, 0.15) is 0 Å². The SMILES string of the molecule is CN(C)C1CCN(c2nc(C(C)(C)C)c(C=O)s2)CC1. The molecule has 0 bridgehead atoms. The number of carbonyl (C=O) groups is 1. The maximum atomic E-state index is 11.3. The van der Waals surface area contributed by atoms with Gasteiger partial charge >= 0.3 is 0 Å². The lowest BCUT2D eigenvalue weighted by Gasteiger charge is -2.35. The van der Waals surface area contributed by atoms with Gasteiger partial charge in [0, 0.05) is 24.5 Å². The van der Waals surface area contributed by atoms with Crippen molar-refractivity contribution in [3.8, 4) is 0 Å². The van der Waals surface area contributed by atoms with Crippen molar-refractivity contribution in [1.82, 2.24) is 9.88 Å². The second-order valence-corrected chi connectivity index (χ2v) is 7.77. The normalized spacial score (nSPS) is 17.8. The number of hydrogen-bond donors (Lipinski definition) is 0. The molecule has 5 heteroatoms. The summed E-state index contributed by atoms with van der Waals surface area (Å²) in [5.41, 5.74) is 0.856. The van der Waals surface area contributed by atoms with Gasteiger partial charge in [-0.2, -0.15) is 0 Å². The van der Waals surface area contributed by atoms with Crippen LogP contribution < -0.4 is 4.90 Å². The first-order valence-corrected chi connectivity index (χ1v) is 8.02. The van der Waals surface area contributed by atoms with E-state index in [0.717, 1.165) is 47.9 Å². The molecule has 1 aliphatic heterocycles. The van der Waals surface area contributed by atoms with Crippen LogP contribution in [-0.2, 0) is 5.41 Å². The third-order valence-corrected chi connectivity index (χ3v) is 4.97. The molecule has 0 saturated carbocycles. The molecule has 1 aliphatic rings. The molecule has 0 aromatic carbocycles. The zero-order valence-electron chi connectivity index (χ0n) is 13.1. The minimum Gasteiger partial charge on any atom is -0.348 e. The number of aromatic nitrogens is 1. The Morgan fingerprint density at radius 2 is 1.90 bits per heavy atom. The van der Waals surface area contributed by atoms with E-state index < -0.39 is 0 Å². The van der Waals surface area contributed by atoms with Gasteiger partial charge in [0.15, 0.2) is 11.4 Å². The van der Waals surface area contributed by atoms with Gasteiger partial charge in [-0.05, 0) is 26.9 Å². The third-order valence-electron chi connectivity index (χ3n) is 3.92. The molecule has 0 atom stereocenters. The molecule has 112 valence electrons. The summed E-state index contributed by atoms with van der Waals surface area (Å²) in [5.74, 6) is 0. The third kappa shape index (κ3) is 3.20. The van der Waals surface area contributed by atoms with Gasteiger partial charge in [-0.15, -0.1) is 0 Å². The van der Waals surface area contributed by atoms with E-state index in [-0.39, 0.29) is 5.41 Å². The topological polar surface area (TPSA) is 36.4 Å². The molecule has 0 radical (unpaired) electrons. The molecule has 0 aliphatic carbocycles. The van der Waals surface area contributed by atoms with Crippen LogP contribution in [0.5, 0.6) is 0 Å². The molecule has 1 aromatic rings. The second-order valence-electron chi connectivity index (χ2n) is 6.76. The number of piperidine rings is 1. The minimum absolute atomic E-state index is 0.0764. The lowest BCUT2D eigenvalue weighted by Crippen LogP contribution is -2.42. The Morgan fingerprint density at radius 3 is 2.30 bits per heavy atom. The molecule has 0 N–H and O–H groups in total. The van der Waals surface area contributed by atoms with Crippen LogP contribution in [-0.4, -0.2) is 49.4 Å². The van der Waals surface area contributed by atoms with E-state index in [1.165, 1.54) is 11.3 Å². The molecule has 1 aromatic heterocycles. The van der Waals surface area contributed by atoms with E-state index in [0.29, 0.717) is 6.04 Å². The first-order chi connectivity index (χ1) is 9.32. The Hall–Kier alpha value is -0.940. The average Bonchev–Trinajstić information content (AvgIpc) is 2.83. The lowest BCUT2D eigenvalue weighted by atomic mass is 9.91. The maximum absolute atomic E-state index is 11.3. The van der Waals surface area contributed by atoms with Crippen molar-refractivity contribution in [1.29, 1.82) is 0 Å². The largest absolute Gasteiger partial charge is 0.348 e. The van der Waals surface area contributed by atoms with Crippen LogP contribution in [0.1, 0.15) is 49.0 Å². The fourth-order valence-electron chi connectivity index (χ4n) is 2.65. The summed E-state index contributed by atoms with van der Waals surface area (Å²) in [6.45, 7) is 8.38. The van der Waals surface area contributed by atoms with E-state index >= 15 is 0 Å². The Labute approximate surface area is 125 Å². The Bertz CT molecular complexity index is 468. The standard InChI is InChI=1S/C15H25N3OS/c1-15(2,3)13-12(10-19)20-14(16-13)18-8-6-11(7-9-18)17(4)5/h10-11H,6-9H2,1-5H3. The van der Waals surface area contributed by atoms with Crippen molar-refractivity contribution in [3.63, 3.8) is 0 Å². The van der Waals surface area contributed by atoms with Gasteiger partial charge in [-0.25, -0.2) is 4.98 Å². The monoisotopic (exact) mass is 295 g/mol. The summed E-state index contributed by atoms with van der Waals surface area (Å²) in [6.07, 6.45) is 3.27. The molecule has 2 heterocycles. The molecule has 0 spiro atoms. The summed E-state index contributed by atoms with van der Waals surface area (Å²) >= 11 is 1.54. The summed E-state index contributed by atoms with van der Waals surface area (Å²) in [5, 5.41) is 1.01. The highest BCUT2D eigenvalue weighted by atomic mass is 32.1. The van der Waals surface area contributed by atoms with Crippen LogP contribution in [0.15, 0.2) is 0 Å². The molecule has 2 rings (SSSR count). The van der Waals surface area contributed by atoms with Crippen LogP contribution in [0.25, 0.3) is 0 Å². The van der Waals surface area contributed by atoms with E-state index in [9.17, 15) is 4.79 Å². The van der Waals surface area contributed by atoms with Crippen LogP contribution >= 0.6 is 11.3 Å². The van der Waals surface area contributed by atoms with Crippen molar-refractivity contribution >= 4 is 22.8 Å². The summed E-state index contributed by atoms with van der Waals surface area (Å²) in [7, 11) is 4.29. The Kier molecular flexibility index (Phi) is 4.49. The van der Waals surface area contributed by atoms with Crippen LogP contribution in [0.4, 0.5) is 5.13 Å².